The van der Waals surface area contributed by atoms with Crippen molar-refractivity contribution in [2.45, 2.75) is 19.4 Å². The lowest BCUT2D eigenvalue weighted by atomic mass is 10.2. The van der Waals surface area contributed by atoms with Gasteiger partial charge in [-0.2, -0.15) is 0 Å². The number of hydrogen-bond acceptors (Lipinski definition) is 4. The lowest BCUT2D eigenvalue weighted by Gasteiger charge is -2.35. The molecule has 0 N–H and O–H groups in total. The molecule has 1 aromatic heterocycles. The first-order chi connectivity index (χ1) is 13.3. The molecule has 2 aromatic rings. The average molecular weight is 367 g/mol. The highest BCUT2D eigenvalue weighted by Crippen LogP contribution is 2.17. The van der Waals surface area contributed by atoms with E-state index >= 15 is 0 Å². The normalized spacial score (nSPS) is 18.9. The van der Waals surface area contributed by atoms with E-state index in [1.54, 1.807) is 0 Å². The van der Waals surface area contributed by atoms with E-state index in [1.807, 2.05) is 17.2 Å². The van der Waals surface area contributed by atoms with Crippen LogP contribution in [0.4, 0.5) is 0 Å². The van der Waals surface area contributed by atoms with Gasteiger partial charge in [0.2, 0.25) is 5.91 Å². The van der Waals surface area contributed by atoms with Gasteiger partial charge in [0.1, 0.15) is 5.82 Å². The molecule has 6 nitrogen and oxygen atoms in total. The molecule has 0 aliphatic carbocycles. The maximum Gasteiger partial charge on any atom is 0.236 e. The monoisotopic (exact) mass is 367 g/mol. The van der Waals surface area contributed by atoms with Crippen LogP contribution >= 0.6 is 0 Å². The van der Waals surface area contributed by atoms with E-state index in [2.05, 4.69) is 49.8 Å². The van der Waals surface area contributed by atoms with Crippen LogP contribution in [0, 0.1) is 0 Å². The minimum absolute atomic E-state index is 0.312. The Kier molecular flexibility index (Phi) is 5.84. The number of aromatic nitrogens is 2. The van der Waals surface area contributed by atoms with Crippen LogP contribution in [0.25, 0.3) is 11.4 Å². The number of benzene rings is 1. The second-order valence-electron chi connectivity index (χ2n) is 7.52. The van der Waals surface area contributed by atoms with Crippen LogP contribution in [-0.4, -0.2) is 82.5 Å². The van der Waals surface area contributed by atoms with Gasteiger partial charge >= 0.3 is 0 Å². The number of carbonyl (C=O) groups is 1. The Morgan fingerprint density at radius 1 is 0.889 bits per heavy atom. The maximum atomic E-state index is 12.3. The van der Waals surface area contributed by atoms with Gasteiger partial charge in [0, 0.05) is 70.3 Å². The molecule has 0 saturated carbocycles. The SMILES string of the molecule is O=C(CN1CCN(CCn2ccnc2-c2ccccc2)CC1)N1CCCC1. The molecule has 2 saturated heterocycles. The van der Waals surface area contributed by atoms with Crippen molar-refractivity contribution in [3.05, 3.63) is 42.7 Å². The summed E-state index contributed by atoms with van der Waals surface area (Å²) in [6.45, 7) is 8.48. The van der Waals surface area contributed by atoms with E-state index in [1.165, 1.54) is 12.8 Å². The molecule has 6 heteroatoms. The largest absolute Gasteiger partial charge is 0.342 e. The van der Waals surface area contributed by atoms with Crippen molar-refractivity contribution < 1.29 is 4.79 Å². The van der Waals surface area contributed by atoms with Crippen molar-refractivity contribution in [3.63, 3.8) is 0 Å². The Morgan fingerprint density at radius 3 is 2.33 bits per heavy atom. The van der Waals surface area contributed by atoms with Gasteiger partial charge in [0.15, 0.2) is 0 Å². The minimum atomic E-state index is 0.312. The van der Waals surface area contributed by atoms with E-state index in [0.29, 0.717) is 12.5 Å². The Balaban J connectivity index is 1.23. The van der Waals surface area contributed by atoms with E-state index in [4.69, 9.17) is 0 Å². The van der Waals surface area contributed by atoms with Gasteiger partial charge in [0.05, 0.1) is 6.54 Å². The summed E-state index contributed by atoms with van der Waals surface area (Å²) in [6, 6.07) is 10.3. The molecule has 144 valence electrons. The first kappa shape index (κ1) is 18.2. The zero-order chi connectivity index (χ0) is 18.5. The van der Waals surface area contributed by atoms with Crippen LogP contribution in [0.15, 0.2) is 42.7 Å². The van der Waals surface area contributed by atoms with Gasteiger partial charge in [0.25, 0.3) is 0 Å². The van der Waals surface area contributed by atoms with Crippen molar-refractivity contribution in [1.29, 1.82) is 0 Å². The lowest BCUT2D eigenvalue weighted by Crippen LogP contribution is -2.50. The molecule has 0 bridgehead atoms. The average Bonchev–Trinajstić information content (AvgIpc) is 3.40. The molecule has 2 fully saturated rings. The molecule has 0 atom stereocenters. The van der Waals surface area contributed by atoms with Crippen LogP contribution < -0.4 is 0 Å². The maximum absolute atomic E-state index is 12.3. The predicted octanol–water partition coefficient (Wildman–Crippen LogP) is 1.79. The van der Waals surface area contributed by atoms with E-state index in [-0.39, 0.29) is 0 Å². The smallest absolute Gasteiger partial charge is 0.236 e. The van der Waals surface area contributed by atoms with Gasteiger partial charge in [-0.3, -0.25) is 14.6 Å². The molecule has 0 radical (unpaired) electrons. The second-order valence-corrected chi connectivity index (χ2v) is 7.52. The molecule has 1 aromatic carbocycles. The molecule has 0 spiro atoms. The topological polar surface area (TPSA) is 44.6 Å². The minimum Gasteiger partial charge on any atom is -0.342 e. The zero-order valence-corrected chi connectivity index (χ0v) is 16.0. The molecule has 4 rings (SSSR count). The number of piperazine rings is 1. The number of imidazole rings is 1. The van der Waals surface area contributed by atoms with Crippen LogP contribution in [0.2, 0.25) is 0 Å². The lowest BCUT2D eigenvalue weighted by molar-refractivity contribution is -0.131. The summed E-state index contributed by atoms with van der Waals surface area (Å²) >= 11 is 0. The van der Waals surface area contributed by atoms with Crippen LogP contribution in [0.5, 0.6) is 0 Å². The number of hydrogen-bond donors (Lipinski definition) is 0. The standard InChI is InChI=1S/C21H29N5O/c27-20(25-9-4-5-10-25)18-24-14-12-23(13-15-24)16-17-26-11-8-22-21(26)19-6-2-1-3-7-19/h1-3,6-8,11H,4-5,9-10,12-18H2. The third-order valence-corrected chi connectivity index (χ3v) is 5.69. The van der Waals surface area contributed by atoms with Crippen molar-refractivity contribution in [2.24, 2.45) is 0 Å². The molecule has 1 amide bonds. The van der Waals surface area contributed by atoms with Gasteiger partial charge < -0.3 is 9.47 Å². The van der Waals surface area contributed by atoms with Gasteiger partial charge in [-0.15, -0.1) is 0 Å². The first-order valence-corrected chi connectivity index (χ1v) is 10.1. The molecule has 27 heavy (non-hydrogen) atoms. The van der Waals surface area contributed by atoms with E-state index in [0.717, 1.165) is 63.7 Å². The molecular formula is C21H29N5O. The fraction of sp³-hybridized carbons (Fsp3) is 0.524. The predicted molar refractivity (Wildman–Crippen MR) is 106 cm³/mol. The van der Waals surface area contributed by atoms with Crippen molar-refractivity contribution >= 4 is 5.91 Å². The Morgan fingerprint density at radius 2 is 1.59 bits per heavy atom. The van der Waals surface area contributed by atoms with Gasteiger partial charge in [-0.25, -0.2) is 4.98 Å². The number of rotatable bonds is 6. The number of likely N-dealkylation sites (tertiary alicyclic amines) is 1. The van der Waals surface area contributed by atoms with E-state index in [9.17, 15) is 4.79 Å². The fourth-order valence-electron chi connectivity index (χ4n) is 4.02. The van der Waals surface area contributed by atoms with Crippen LogP contribution in [-0.2, 0) is 11.3 Å². The number of amides is 1. The van der Waals surface area contributed by atoms with Crippen molar-refractivity contribution in [3.8, 4) is 11.4 Å². The Hall–Kier alpha value is -2.18. The molecule has 2 aliphatic rings. The fourth-order valence-corrected chi connectivity index (χ4v) is 4.02. The number of nitrogens with zero attached hydrogens (tertiary/aromatic N) is 5. The first-order valence-electron chi connectivity index (χ1n) is 10.1. The highest BCUT2D eigenvalue weighted by atomic mass is 16.2. The van der Waals surface area contributed by atoms with Crippen molar-refractivity contribution in [2.75, 3.05) is 52.4 Å². The summed E-state index contributed by atoms with van der Waals surface area (Å²) in [5, 5.41) is 0. The van der Waals surface area contributed by atoms with E-state index < -0.39 is 0 Å². The van der Waals surface area contributed by atoms with Crippen molar-refractivity contribution in [1.82, 2.24) is 24.3 Å². The third-order valence-electron chi connectivity index (χ3n) is 5.69. The number of carbonyl (C=O) groups excluding carboxylic acids is 1. The second kappa shape index (κ2) is 8.67. The quantitative estimate of drug-likeness (QED) is 0.781. The molecule has 2 aliphatic heterocycles. The van der Waals surface area contributed by atoms with Gasteiger partial charge in [-0.1, -0.05) is 30.3 Å². The summed E-state index contributed by atoms with van der Waals surface area (Å²) in [6.07, 6.45) is 6.27. The Bertz CT molecular complexity index is 730. The molecule has 0 unspecified atom stereocenters. The highest BCUT2D eigenvalue weighted by molar-refractivity contribution is 5.78. The molecular weight excluding hydrogens is 338 g/mol. The van der Waals surface area contributed by atoms with Crippen LogP contribution in [0.1, 0.15) is 12.8 Å². The summed E-state index contributed by atoms with van der Waals surface area (Å²) in [7, 11) is 0. The Labute approximate surface area is 161 Å². The third kappa shape index (κ3) is 4.57. The molecule has 3 heterocycles. The van der Waals surface area contributed by atoms with Crippen LogP contribution in [0.3, 0.4) is 0 Å². The summed E-state index contributed by atoms with van der Waals surface area (Å²) in [5.41, 5.74) is 1.16. The summed E-state index contributed by atoms with van der Waals surface area (Å²) in [4.78, 5) is 23.7. The van der Waals surface area contributed by atoms with Gasteiger partial charge in [-0.05, 0) is 12.8 Å². The summed E-state index contributed by atoms with van der Waals surface area (Å²) in [5.74, 6) is 1.34. The highest BCUT2D eigenvalue weighted by Gasteiger charge is 2.23. The zero-order valence-electron chi connectivity index (χ0n) is 16.0. The summed E-state index contributed by atoms with van der Waals surface area (Å²) < 4.78 is 2.23.